The summed E-state index contributed by atoms with van der Waals surface area (Å²) < 4.78 is 0. The first kappa shape index (κ1) is 13.6. The van der Waals surface area contributed by atoms with Crippen LogP contribution in [0.2, 0.25) is 0 Å². The second-order valence-electron chi connectivity index (χ2n) is 4.97. The summed E-state index contributed by atoms with van der Waals surface area (Å²) in [7, 11) is 2.02. The summed E-state index contributed by atoms with van der Waals surface area (Å²) in [5.74, 6) is 0.908. The van der Waals surface area contributed by atoms with Crippen LogP contribution in [0.3, 0.4) is 0 Å². The van der Waals surface area contributed by atoms with Gasteiger partial charge in [-0.1, -0.05) is 35.9 Å². The summed E-state index contributed by atoms with van der Waals surface area (Å²) in [6, 6.07) is 12.3. The van der Waals surface area contributed by atoms with Crippen molar-refractivity contribution in [1.82, 2.24) is 4.98 Å². The number of hydrogen-bond acceptors (Lipinski definition) is 3. The summed E-state index contributed by atoms with van der Waals surface area (Å²) >= 11 is 0. The molecule has 2 aromatic rings. The Labute approximate surface area is 114 Å². The molecule has 0 unspecified atom stereocenters. The molecule has 1 aromatic heterocycles. The van der Waals surface area contributed by atoms with E-state index in [0.717, 1.165) is 17.9 Å². The lowest BCUT2D eigenvalue weighted by atomic mass is 10.1. The molecule has 1 atom stereocenters. The molecule has 0 aliphatic rings. The zero-order valence-electron chi connectivity index (χ0n) is 11.7. The van der Waals surface area contributed by atoms with Crippen LogP contribution in [0.25, 0.3) is 0 Å². The van der Waals surface area contributed by atoms with Crippen molar-refractivity contribution in [2.45, 2.75) is 26.5 Å². The third-order valence-corrected chi connectivity index (χ3v) is 3.15. The number of nitrogens with zero attached hydrogens (tertiary/aromatic N) is 2. The fourth-order valence-electron chi connectivity index (χ4n) is 2.04. The van der Waals surface area contributed by atoms with Gasteiger partial charge >= 0.3 is 0 Å². The third kappa shape index (κ3) is 3.55. The maximum absolute atomic E-state index is 9.47. The van der Waals surface area contributed by atoms with Crippen LogP contribution in [-0.4, -0.2) is 17.1 Å². The molecule has 1 aromatic carbocycles. The minimum Gasteiger partial charge on any atom is -0.389 e. The van der Waals surface area contributed by atoms with Crippen molar-refractivity contribution in [3.63, 3.8) is 0 Å². The van der Waals surface area contributed by atoms with E-state index in [1.165, 1.54) is 11.1 Å². The van der Waals surface area contributed by atoms with E-state index < -0.39 is 6.10 Å². The van der Waals surface area contributed by atoms with Crippen LogP contribution in [0.4, 0.5) is 5.82 Å². The topological polar surface area (TPSA) is 36.4 Å². The Bertz CT molecular complexity index is 535. The largest absolute Gasteiger partial charge is 0.389 e. The number of aromatic nitrogens is 1. The average molecular weight is 256 g/mol. The van der Waals surface area contributed by atoms with Crippen LogP contribution in [0.5, 0.6) is 0 Å². The number of aryl methyl sites for hydroxylation is 1. The molecule has 0 aliphatic carbocycles. The number of rotatable bonds is 4. The van der Waals surface area contributed by atoms with Crippen LogP contribution in [0.1, 0.15) is 29.7 Å². The SMILES string of the molecule is Cc1cccc(CN(C)c2ccc([C@@H](C)O)cn2)c1. The Morgan fingerprint density at radius 3 is 2.63 bits per heavy atom. The number of aliphatic hydroxyl groups excluding tert-OH is 1. The van der Waals surface area contributed by atoms with E-state index in [9.17, 15) is 5.11 Å². The molecule has 3 nitrogen and oxygen atoms in total. The van der Waals surface area contributed by atoms with E-state index in [1.54, 1.807) is 13.1 Å². The lowest BCUT2D eigenvalue weighted by Crippen LogP contribution is -2.17. The monoisotopic (exact) mass is 256 g/mol. The summed E-state index contributed by atoms with van der Waals surface area (Å²) in [6.45, 7) is 4.66. The van der Waals surface area contributed by atoms with Gasteiger partial charge in [0.05, 0.1) is 6.10 Å². The summed E-state index contributed by atoms with van der Waals surface area (Å²) in [5, 5.41) is 9.47. The van der Waals surface area contributed by atoms with Gasteiger partial charge in [0.2, 0.25) is 0 Å². The predicted octanol–water partition coefficient (Wildman–Crippen LogP) is 3.08. The maximum Gasteiger partial charge on any atom is 0.128 e. The zero-order chi connectivity index (χ0) is 13.8. The molecule has 0 amide bonds. The number of benzene rings is 1. The first-order chi connectivity index (χ1) is 9.06. The molecule has 1 N–H and O–H groups in total. The van der Waals surface area contributed by atoms with Gasteiger partial charge in [0.15, 0.2) is 0 Å². The highest BCUT2D eigenvalue weighted by Gasteiger charge is 2.06. The van der Waals surface area contributed by atoms with Crippen molar-refractivity contribution in [3.05, 3.63) is 59.3 Å². The third-order valence-electron chi connectivity index (χ3n) is 3.15. The van der Waals surface area contributed by atoms with E-state index in [1.807, 2.05) is 19.2 Å². The Kier molecular flexibility index (Phi) is 4.17. The average Bonchev–Trinajstić information content (AvgIpc) is 2.39. The Morgan fingerprint density at radius 1 is 1.26 bits per heavy atom. The van der Waals surface area contributed by atoms with E-state index >= 15 is 0 Å². The zero-order valence-corrected chi connectivity index (χ0v) is 11.7. The van der Waals surface area contributed by atoms with Gasteiger partial charge in [-0.2, -0.15) is 0 Å². The molecule has 0 saturated heterocycles. The molecule has 100 valence electrons. The smallest absolute Gasteiger partial charge is 0.128 e. The summed E-state index contributed by atoms with van der Waals surface area (Å²) in [5.41, 5.74) is 3.37. The molecule has 3 heteroatoms. The van der Waals surface area contributed by atoms with Gasteiger partial charge in [0.25, 0.3) is 0 Å². The van der Waals surface area contributed by atoms with Crippen molar-refractivity contribution in [1.29, 1.82) is 0 Å². The molecule has 0 spiro atoms. The van der Waals surface area contributed by atoms with E-state index in [2.05, 4.69) is 41.1 Å². The number of hydrogen-bond donors (Lipinski definition) is 1. The second-order valence-corrected chi connectivity index (χ2v) is 4.97. The lowest BCUT2D eigenvalue weighted by Gasteiger charge is -2.19. The van der Waals surface area contributed by atoms with Crippen LogP contribution < -0.4 is 4.90 Å². The van der Waals surface area contributed by atoms with Crippen molar-refractivity contribution in [2.75, 3.05) is 11.9 Å². The fourth-order valence-corrected chi connectivity index (χ4v) is 2.04. The van der Waals surface area contributed by atoms with Gasteiger partial charge in [0, 0.05) is 19.8 Å². The van der Waals surface area contributed by atoms with Gasteiger partial charge in [-0.3, -0.25) is 0 Å². The van der Waals surface area contributed by atoms with Crippen molar-refractivity contribution >= 4 is 5.82 Å². The number of pyridine rings is 1. The van der Waals surface area contributed by atoms with Crippen molar-refractivity contribution in [2.24, 2.45) is 0 Å². The van der Waals surface area contributed by atoms with E-state index in [4.69, 9.17) is 0 Å². The van der Waals surface area contributed by atoms with Gasteiger partial charge in [-0.15, -0.1) is 0 Å². The van der Waals surface area contributed by atoms with E-state index in [0.29, 0.717) is 0 Å². The van der Waals surface area contributed by atoms with Crippen LogP contribution in [-0.2, 0) is 6.54 Å². The molecule has 1 heterocycles. The summed E-state index contributed by atoms with van der Waals surface area (Å²) in [4.78, 5) is 6.48. The Hall–Kier alpha value is -1.87. The Morgan fingerprint density at radius 2 is 2.05 bits per heavy atom. The lowest BCUT2D eigenvalue weighted by molar-refractivity contribution is 0.199. The quantitative estimate of drug-likeness (QED) is 0.913. The van der Waals surface area contributed by atoms with Gasteiger partial charge in [-0.05, 0) is 31.0 Å². The highest BCUT2D eigenvalue weighted by atomic mass is 16.3. The molecule has 0 aliphatic heterocycles. The normalized spacial score (nSPS) is 12.2. The molecule has 0 fully saturated rings. The first-order valence-corrected chi connectivity index (χ1v) is 6.47. The molecular weight excluding hydrogens is 236 g/mol. The molecule has 2 rings (SSSR count). The van der Waals surface area contributed by atoms with Gasteiger partial charge in [-0.25, -0.2) is 4.98 Å². The number of anilines is 1. The molecule has 0 radical (unpaired) electrons. The van der Waals surface area contributed by atoms with Crippen molar-refractivity contribution < 1.29 is 5.11 Å². The van der Waals surface area contributed by atoms with E-state index in [-0.39, 0.29) is 0 Å². The second kappa shape index (κ2) is 5.85. The van der Waals surface area contributed by atoms with Crippen molar-refractivity contribution in [3.8, 4) is 0 Å². The van der Waals surface area contributed by atoms with Gasteiger partial charge < -0.3 is 10.0 Å². The standard InChI is InChI=1S/C16H20N2O/c1-12-5-4-6-14(9-12)11-18(3)16-8-7-15(10-17-16)13(2)19/h4-10,13,19H,11H2,1-3H3/t13-/m1/s1. The molecule has 0 bridgehead atoms. The summed E-state index contributed by atoms with van der Waals surface area (Å²) in [6.07, 6.45) is 1.26. The van der Waals surface area contributed by atoms with Gasteiger partial charge in [0.1, 0.15) is 5.82 Å². The van der Waals surface area contributed by atoms with Crippen LogP contribution >= 0.6 is 0 Å². The fraction of sp³-hybridized carbons (Fsp3) is 0.312. The first-order valence-electron chi connectivity index (χ1n) is 6.47. The molecule has 0 saturated carbocycles. The van der Waals surface area contributed by atoms with Crippen LogP contribution in [0, 0.1) is 6.92 Å². The van der Waals surface area contributed by atoms with Crippen LogP contribution in [0.15, 0.2) is 42.6 Å². The predicted molar refractivity (Wildman–Crippen MR) is 78.2 cm³/mol. The number of aliphatic hydroxyl groups is 1. The molecular formula is C16H20N2O. The highest BCUT2D eigenvalue weighted by Crippen LogP contribution is 2.17. The minimum atomic E-state index is -0.469. The molecule has 19 heavy (non-hydrogen) atoms. The highest BCUT2D eigenvalue weighted by molar-refractivity contribution is 5.40. The maximum atomic E-state index is 9.47. The minimum absolute atomic E-state index is 0.469. The Balaban J connectivity index is 2.09.